The first-order valence-electron chi connectivity index (χ1n) is 3.33. The maximum absolute atomic E-state index is 10.4. The SMILES string of the molecule is O=C(O)CC(O)(CC(=O)OO)C(=O)O.[KH]. The number of hydrogen-bond donors (Lipinski definition) is 4. The van der Waals surface area contributed by atoms with Gasteiger partial charge in [-0.15, -0.1) is 0 Å². The number of carbonyl (C=O) groups is 3. The standard InChI is InChI=1S/C6H8O8.K.H/c7-3(8)1-6(12,5(10)11)2-4(9)14-13;;/h12-13H,1-2H2,(H,7,8)(H,10,11);;. The summed E-state index contributed by atoms with van der Waals surface area (Å²) in [4.78, 5) is 34.1. The Kier molecular flexibility index (Phi) is 8.42. The van der Waals surface area contributed by atoms with E-state index in [1.54, 1.807) is 0 Å². The van der Waals surface area contributed by atoms with Crippen LogP contribution in [0.1, 0.15) is 12.8 Å². The topological polar surface area (TPSA) is 141 Å². The molecule has 9 heteroatoms. The second-order valence-corrected chi connectivity index (χ2v) is 2.55. The zero-order valence-corrected chi connectivity index (χ0v) is 6.84. The Bertz CT molecular complexity index is 264. The zero-order chi connectivity index (χ0) is 11.4. The Balaban J connectivity index is 0. The summed E-state index contributed by atoms with van der Waals surface area (Å²) in [5, 5.41) is 33.6. The quantitative estimate of drug-likeness (QED) is 0.249. The predicted octanol–water partition coefficient (Wildman–Crippen LogP) is -1.97. The minimum atomic E-state index is -2.77. The van der Waals surface area contributed by atoms with Crippen molar-refractivity contribution < 1.29 is 39.8 Å². The number of rotatable bonds is 5. The molecule has 1 atom stereocenters. The Morgan fingerprint density at radius 1 is 1.13 bits per heavy atom. The van der Waals surface area contributed by atoms with Gasteiger partial charge in [0.25, 0.3) is 0 Å². The Morgan fingerprint density at radius 2 is 1.60 bits per heavy atom. The van der Waals surface area contributed by atoms with Crippen LogP contribution in [0.25, 0.3) is 0 Å². The summed E-state index contributed by atoms with van der Waals surface area (Å²) in [7, 11) is 0. The van der Waals surface area contributed by atoms with Gasteiger partial charge in [0.1, 0.15) is 0 Å². The van der Waals surface area contributed by atoms with Crippen LogP contribution in [-0.4, -0.2) is 95.5 Å². The Morgan fingerprint density at radius 3 is 1.87 bits per heavy atom. The van der Waals surface area contributed by atoms with E-state index in [1.807, 2.05) is 0 Å². The van der Waals surface area contributed by atoms with Gasteiger partial charge in [-0.1, -0.05) is 0 Å². The van der Waals surface area contributed by atoms with E-state index in [4.69, 9.17) is 20.6 Å². The van der Waals surface area contributed by atoms with Gasteiger partial charge >= 0.3 is 69.3 Å². The van der Waals surface area contributed by atoms with Gasteiger partial charge in [-0.25, -0.2) is 9.59 Å². The van der Waals surface area contributed by atoms with Crippen LogP contribution in [0.15, 0.2) is 0 Å². The molecule has 0 amide bonds. The summed E-state index contributed by atoms with van der Waals surface area (Å²) in [6.45, 7) is 0. The van der Waals surface area contributed by atoms with Crippen LogP contribution >= 0.6 is 0 Å². The molecular weight excluding hydrogens is 239 g/mol. The van der Waals surface area contributed by atoms with Crippen LogP contribution in [-0.2, 0) is 19.3 Å². The van der Waals surface area contributed by atoms with Gasteiger partial charge in [0.05, 0.1) is 12.8 Å². The van der Waals surface area contributed by atoms with E-state index < -0.39 is 36.4 Å². The maximum atomic E-state index is 10.4. The third kappa shape index (κ3) is 6.20. The van der Waals surface area contributed by atoms with Gasteiger partial charge in [0.15, 0.2) is 5.60 Å². The van der Waals surface area contributed by atoms with Crippen molar-refractivity contribution in [3.8, 4) is 0 Å². The van der Waals surface area contributed by atoms with Crippen molar-refractivity contribution >= 4 is 69.3 Å². The summed E-state index contributed by atoms with van der Waals surface area (Å²) in [5.41, 5.74) is -2.77. The Labute approximate surface area is 126 Å². The first-order valence-corrected chi connectivity index (χ1v) is 3.33. The molecule has 0 radical (unpaired) electrons. The van der Waals surface area contributed by atoms with Crippen molar-refractivity contribution in [1.82, 2.24) is 0 Å². The van der Waals surface area contributed by atoms with Gasteiger partial charge in [0.2, 0.25) is 0 Å². The molecule has 0 aromatic heterocycles. The van der Waals surface area contributed by atoms with Crippen molar-refractivity contribution in [2.24, 2.45) is 0 Å². The summed E-state index contributed by atoms with van der Waals surface area (Å²) in [6, 6.07) is 0. The molecule has 0 heterocycles. The molecule has 0 rings (SSSR count). The van der Waals surface area contributed by atoms with E-state index in [1.165, 1.54) is 0 Å². The van der Waals surface area contributed by atoms with Gasteiger partial charge in [-0.2, -0.15) is 5.26 Å². The summed E-state index contributed by atoms with van der Waals surface area (Å²) >= 11 is 0. The molecule has 0 fully saturated rings. The molecular formula is C6H9KO8. The molecule has 0 aliphatic heterocycles. The first kappa shape index (κ1) is 17.4. The van der Waals surface area contributed by atoms with Crippen molar-refractivity contribution in [2.45, 2.75) is 18.4 Å². The summed E-state index contributed by atoms with van der Waals surface area (Å²) < 4.78 is 0. The number of carboxylic acids is 2. The molecule has 82 valence electrons. The van der Waals surface area contributed by atoms with E-state index >= 15 is 0 Å². The second-order valence-electron chi connectivity index (χ2n) is 2.55. The molecule has 15 heavy (non-hydrogen) atoms. The van der Waals surface area contributed by atoms with Crippen molar-refractivity contribution in [2.75, 3.05) is 0 Å². The van der Waals surface area contributed by atoms with E-state index in [9.17, 15) is 14.4 Å². The molecule has 0 aromatic carbocycles. The number of carbonyl (C=O) groups excluding carboxylic acids is 1. The fraction of sp³-hybridized carbons (Fsp3) is 0.500. The molecule has 4 N–H and O–H groups in total. The molecule has 0 aliphatic rings. The van der Waals surface area contributed by atoms with Gasteiger partial charge in [0, 0.05) is 0 Å². The molecule has 0 saturated carbocycles. The zero-order valence-electron chi connectivity index (χ0n) is 6.84. The molecule has 8 nitrogen and oxygen atoms in total. The van der Waals surface area contributed by atoms with Crippen LogP contribution in [0.2, 0.25) is 0 Å². The van der Waals surface area contributed by atoms with E-state index in [0.29, 0.717) is 0 Å². The normalized spacial score (nSPS) is 13.2. The fourth-order valence-electron chi connectivity index (χ4n) is 0.735. The van der Waals surface area contributed by atoms with E-state index in [0.717, 1.165) is 0 Å². The average molecular weight is 248 g/mol. The molecule has 0 aromatic rings. The van der Waals surface area contributed by atoms with Gasteiger partial charge in [-0.05, 0) is 0 Å². The number of carboxylic acid groups (broad SMARTS) is 2. The van der Waals surface area contributed by atoms with E-state index in [-0.39, 0.29) is 51.4 Å². The minimum absolute atomic E-state index is 0. The molecule has 1 unspecified atom stereocenters. The summed E-state index contributed by atoms with van der Waals surface area (Å²) in [5.74, 6) is -4.91. The third-order valence-electron chi connectivity index (χ3n) is 1.38. The van der Waals surface area contributed by atoms with Gasteiger partial charge < -0.3 is 20.2 Å². The molecule has 0 bridgehead atoms. The first-order chi connectivity index (χ1) is 6.31. The molecule has 0 spiro atoms. The van der Waals surface area contributed by atoms with Crippen molar-refractivity contribution in [1.29, 1.82) is 0 Å². The molecule has 0 aliphatic carbocycles. The van der Waals surface area contributed by atoms with Gasteiger partial charge in [-0.3, -0.25) is 4.79 Å². The van der Waals surface area contributed by atoms with Crippen LogP contribution < -0.4 is 0 Å². The predicted molar refractivity (Wildman–Crippen MR) is 45.3 cm³/mol. The van der Waals surface area contributed by atoms with Crippen LogP contribution in [0.3, 0.4) is 0 Å². The monoisotopic (exact) mass is 248 g/mol. The van der Waals surface area contributed by atoms with Crippen molar-refractivity contribution in [3.05, 3.63) is 0 Å². The number of hydrogen-bond acceptors (Lipinski definition) is 6. The fourth-order valence-corrected chi connectivity index (χ4v) is 0.735. The molecule has 0 saturated heterocycles. The second kappa shape index (κ2) is 7.27. The van der Waals surface area contributed by atoms with Crippen LogP contribution in [0, 0.1) is 0 Å². The van der Waals surface area contributed by atoms with E-state index in [2.05, 4.69) is 4.89 Å². The summed E-state index contributed by atoms with van der Waals surface area (Å²) in [6.07, 6.45) is -2.32. The Hall–Kier alpha value is -0.0336. The van der Waals surface area contributed by atoms with Crippen LogP contribution in [0.4, 0.5) is 0 Å². The third-order valence-corrected chi connectivity index (χ3v) is 1.38. The van der Waals surface area contributed by atoms with Crippen molar-refractivity contribution in [3.63, 3.8) is 0 Å². The number of aliphatic carboxylic acids is 2. The average Bonchev–Trinajstić information content (AvgIpc) is 2.02. The van der Waals surface area contributed by atoms with Crippen LogP contribution in [0.5, 0.6) is 0 Å². The number of aliphatic hydroxyl groups is 1.